The number of nitrogens with two attached hydrogens (primary N) is 1. The van der Waals surface area contributed by atoms with E-state index in [9.17, 15) is 4.79 Å². The van der Waals surface area contributed by atoms with Crippen LogP contribution in [0.15, 0.2) is 0 Å². The Morgan fingerprint density at radius 3 is 2.50 bits per heavy atom. The van der Waals surface area contributed by atoms with E-state index in [0.29, 0.717) is 5.92 Å². The minimum atomic E-state index is -0.469. The van der Waals surface area contributed by atoms with Crippen molar-refractivity contribution in [3.8, 4) is 0 Å². The first kappa shape index (κ1) is 7.82. The molecule has 0 radical (unpaired) electrons. The van der Waals surface area contributed by atoms with E-state index in [1.54, 1.807) is 0 Å². The molecule has 3 aliphatic rings. The average molecular weight is 163 g/mol. The number of hydrogen-bond acceptors (Lipinski definition) is 2. The van der Waals surface area contributed by atoms with Crippen molar-refractivity contribution in [2.75, 3.05) is 6.54 Å². The van der Waals surface area contributed by atoms with Crippen LogP contribution in [-0.2, 0) is 4.79 Å². The summed E-state index contributed by atoms with van der Waals surface area (Å²) in [5.74, 6) is 0.720. The number of carbonyl (C=O) groups excluding carboxylic acids is 1. The number of nitrogens with one attached hydrogen (secondary N) is 1. The minimum absolute atomic E-state index is 0. The van der Waals surface area contributed by atoms with E-state index in [4.69, 9.17) is 5.73 Å². The van der Waals surface area contributed by atoms with Crippen LogP contribution < -0.4 is 11.1 Å². The molecule has 10 heavy (non-hydrogen) atoms. The largest absolute Gasteiger partial charge is 0.354 e. The van der Waals surface area contributed by atoms with Crippen molar-refractivity contribution in [3.05, 3.63) is 0 Å². The van der Waals surface area contributed by atoms with Crippen molar-refractivity contribution in [1.82, 2.24) is 5.32 Å². The van der Waals surface area contributed by atoms with Crippen LogP contribution >= 0.6 is 12.4 Å². The molecule has 0 aromatic carbocycles. The van der Waals surface area contributed by atoms with Crippen molar-refractivity contribution in [1.29, 1.82) is 0 Å². The lowest BCUT2D eigenvalue weighted by molar-refractivity contribution is -0.136. The molecule has 0 aromatic heterocycles. The van der Waals surface area contributed by atoms with Gasteiger partial charge in [-0.05, 0) is 18.8 Å². The number of halogens is 1. The summed E-state index contributed by atoms with van der Waals surface area (Å²) in [6.07, 6.45) is 1.80. The fourth-order valence-corrected chi connectivity index (χ4v) is 1.71. The lowest BCUT2D eigenvalue weighted by Gasteiger charge is -2.48. The number of hydrogen-bond donors (Lipinski definition) is 2. The van der Waals surface area contributed by atoms with Gasteiger partial charge >= 0.3 is 0 Å². The Morgan fingerprint density at radius 2 is 2.20 bits per heavy atom. The van der Waals surface area contributed by atoms with Gasteiger partial charge in [-0.3, -0.25) is 4.79 Å². The molecular formula is C6H11ClN2O. The Hall–Kier alpha value is -0.280. The zero-order valence-electron chi connectivity index (χ0n) is 5.59. The molecule has 3 N–H and O–H groups in total. The van der Waals surface area contributed by atoms with Crippen LogP contribution in [0.4, 0.5) is 0 Å². The Balaban J connectivity index is 0.000000500. The first-order valence-corrected chi connectivity index (χ1v) is 3.28. The maximum absolute atomic E-state index is 10.9. The molecule has 0 atom stereocenters. The van der Waals surface area contributed by atoms with Crippen LogP contribution in [0.2, 0.25) is 0 Å². The van der Waals surface area contributed by atoms with Gasteiger partial charge in [0.15, 0.2) is 0 Å². The van der Waals surface area contributed by atoms with E-state index in [0.717, 1.165) is 19.4 Å². The van der Waals surface area contributed by atoms with Gasteiger partial charge in [0.25, 0.3) is 0 Å². The molecule has 3 nitrogen and oxygen atoms in total. The lowest BCUT2D eigenvalue weighted by atomic mass is 9.65. The maximum Gasteiger partial charge on any atom is 0.240 e. The summed E-state index contributed by atoms with van der Waals surface area (Å²) in [6, 6.07) is 0. The number of amides is 1. The molecule has 2 aliphatic heterocycles. The van der Waals surface area contributed by atoms with E-state index < -0.39 is 5.54 Å². The van der Waals surface area contributed by atoms with Crippen molar-refractivity contribution < 1.29 is 4.79 Å². The third-order valence-corrected chi connectivity index (χ3v) is 2.31. The van der Waals surface area contributed by atoms with Gasteiger partial charge in [-0.15, -0.1) is 12.4 Å². The van der Waals surface area contributed by atoms with Gasteiger partial charge in [0.05, 0.1) is 5.54 Å². The van der Waals surface area contributed by atoms with Crippen LogP contribution in [0.3, 0.4) is 0 Å². The van der Waals surface area contributed by atoms with Crippen molar-refractivity contribution in [2.24, 2.45) is 11.7 Å². The van der Waals surface area contributed by atoms with Gasteiger partial charge in [0, 0.05) is 6.54 Å². The van der Waals surface area contributed by atoms with Crippen LogP contribution in [0.1, 0.15) is 12.8 Å². The fourth-order valence-electron chi connectivity index (χ4n) is 1.71. The highest BCUT2D eigenvalue weighted by Crippen LogP contribution is 2.38. The van der Waals surface area contributed by atoms with Crippen molar-refractivity contribution in [2.45, 2.75) is 18.4 Å². The molecule has 58 valence electrons. The summed E-state index contributed by atoms with van der Waals surface area (Å²) in [7, 11) is 0. The molecule has 4 heteroatoms. The Bertz CT molecular complexity index is 165. The van der Waals surface area contributed by atoms with Gasteiger partial charge in [-0.2, -0.15) is 0 Å². The third kappa shape index (κ3) is 0.812. The highest BCUT2D eigenvalue weighted by molar-refractivity contribution is 5.88. The Kier molecular flexibility index (Phi) is 1.65. The minimum Gasteiger partial charge on any atom is -0.354 e. The number of rotatable bonds is 0. The zero-order chi connectivity index (χ0) is 6.48. The molecule has 3 rings (SSSR count). The highest BCUT2D eigenvalue weighted by Gasteiger charge is 2.50. The van der Waals surface area contributed by atoms with Gasteiger partial charge in [0.2, 0.25) is 5.91 Å². The molecule has 2 heterocycles. The molecular weight excluding hydrogens is 152 g/mol. The zero-order valence-corrected chi connectivity index (χ0v) is 6.41. The molecule has 0 aromatic rings. The topological polar surface area (TPSA) is 55.1 Å². The van der Waals surface area contributed by atoms with Crippen LogP contribution in [0.5, 0.6) is 0 Å². The Labute approximate surface area is 65.8 Å². The second-order valence-electron chi connectivity index (χ2n) is 3.14. The van der Waals surface area contributed by atoms with Crippen LogP contribution in [0, 0.1) is 5.92 Å². The normalized spacial score (nSPS) is 42.9. The SMILES string of the molecule is Cl.NC12CC(CNC1=O)C2. The van der Waals surface area contributed by atoms with Gasteiger partial charge in [0.1, 0.15) is 0 Å². The lowest BCUT2D eigenvalue weighted by Crippen LogP contribution is -2.68. The van der Waals surface area contributed by atoms with E-state index in [2.05, 4.69) is 5.32 Å². The predicted octanol–water partition coefficient (Wildman–Crippen LogP) is -0.355. The maximum atomic E-state index is 10.9. The van der Waals surface area contributed by atoms with Crippen LogP contribution in [0.25, 0.3) is 0 Å². The standard InChI is InChI=1S/C6H10N2O.ClH/c7-6-1-4(2-6)3-8-5(6)9;/h4H,1-3,7H2,(H,8,9);1H. The number of carbonyl (C=O) groups is 1. The summed E-state index contributed by atoms with van der Waals surface area (Å²) >= 11 is 0. The van der Waals surface area contributed by atoms with Gasteiger partial charge in [-0.1, -0.05) is 0 Å². The smallest absolute Gasteiger partial charge is 0.240 e. The summed E-state index contributed by atoms with van der Waals surface area (Å²) < 4.78 is 0. The van der Waals surface area contributed by atoms with E-state index in [1.165, 1.54) is 0 Å². The summed E-state index contributed by atoms with van der Waals surface area (Å²) in [4.78, 5) is 10.9. The van der Waals surface area contributed by atoms with Crippen LogP contribution in [-0.4, -0.2) is 18.0 Å². The first-order chi connectivity index (χ1) is 4.21. The number of piperidine rings is 2. The van der Waals surface area contributed by atoms with Gasteiger partial charge in [-0.25, -0.2) is 0 Å². The second kappa shape index (κ2) is 2.10. The first-order valence-electron chi connectivity index (χ1n) is 3.28. The van der Waals surface area contributed by atoms with Crippen molar-refractivity contribution in [3.63, 3.8) is 0 Å². The van der Waals surface area contributed by atoms with E-state index in [1.807, 2.05) is 0 Å². The third-order valence-electron chi connectivity index (χ3n) is 2.31. The fraction of sp³-hybridized carbons (Fsp3) is 0.833. The molecule has 3 fully saturated rings. The quantitative estimate of drug-likeness (QED) is 0.512. The Morgan fingerprint density at radius 1 is 1.60 bits per heavy atom. The molecule has 1 saturated carbocycles. The van der Waals surface area contributed by atoms with E-state index >= 15 is 0 Å². The summed E-state index contributed by atoms with van der Waals surface area (Å²) in [6.45, 7) is 0.845. The summed E-state index contributed by atoms with van der Waals surface area (Å²) in [5, 5.41) is 2.76. The van der Waals surface area contributed by atoms with Crippen molar-refractivity contribution >= 4 is 18.3 Å². The molecule has 1 amide bonds. The molecule has 1 aliphatic carbocycles. The monoisotopic (exact) mass is 162 g/mol. The van der Waals surface area contributed by atoms with Gasteiger partial charge < -0.3 is 11.1 Å². The molecule has 2 bridgehead atoms. The highest BCUT2D eigenvalue weighted by atomic mass is 35.5. The molecule has 0 spiro atoms. The average Bonchev–Trinajstić information content (AvgIpc) is 1.73. The second-order valence-corrected chi connectivity index (χ2v) is 3.14. The van der Waals surface area contributed by atoms with E-state index in [-0.39, 0.29) is 18.3 Å². The molecule has 2 saturated heterocycles. The number of fused-ring (bicyclic) bond motifs is 2. The predicted molar refractivity (Wildman–Crippen MR) is 39.9 cm³/mol. The molecule has 0 unspecified atom stereocenters. The summed E-state index contributed by atoms with van der Waals surface area (Å²) in [5.41, 5.74) is 5.21.